The maximum atomic E-state index is 11.6. The van der Waals surface area contributed by atoms with Crippen LogP contribution >= 0.6 is 0 Å². The highest BCUT2D eigenvalue weighted by Gasteiger charge is 2.06. The van der Waals surface area contributed by atoms with E-state index in [-0.39, 0.29) is 5.56 Å². The smallest absolute Gasteiger partial charge is 0.329 e. The van der Waals surface area contributed by atoms with Crippen LogP contribution in [-0.2, 0) is 14.1 Å². The maximum absolute atomic E-state index is 11.6. The third-order valence-electron chi connectivity index (χ3n) is 3.02. The molecule has 0 radical (unpaired) electrons. The van der Waals surface area contributed by atoms with E-state index in [1.54, 1.807) is 11.2 Å². The summed E-state index contributed by atoms with van der Waals surface area (Å²) in [5.74, 6) is 0.381. The summed E-state index contributed by atoms with van der Waals surface area (Å²) in [4.78, 5) is 25.8. The number of aromatic nitrogens is 3. The predicted molar refractivity (Wildman–Crippen MR) is 78.3 cm³/mol. The first kappa shape index (κ1) is 13.9. The molecule has 0 aliphatic heterocycles. The Labute approximate surface area is 115 Å². The molecule has 0 aliphatic carbocycles. The number of rotatable bonds is 4. The predicted octanol–water partition coefficient (Wildman–Crippen LogP) is 0.272. The van der Waals surface area contributed by atoms with Gasteiger partial charge in [0.05, 0.1) is 11.9 Å². The van der Waals surface area contributed by atoms with Crippen LogP contribution in [0.1, 0.15) is 12.6 Å². The molecule has 0 amide bonds. The zero-order valence-corrected chi connectivity index (χ0v) is 11.7. The van der Waals surface area contributed by atoms with Crippen molar-refractivity contribution in [3.05, 3.63) is 50.9 Å². The summed E-state index contributed by atoms with van der Waals surface area (Å²) in [6, 6.07) is 5.19. The second kappa shape index (κ2) is 5.60. The first-order valence-corrected chi connectivity index (χ1v) is 6.26. The van der Waals surface area contributed by atoms with Gasteiger partial charge < -0.3 is 4.57 Å². The molecule has 2 rings (SSSR count). The third-order valence-corrected chi connectivity index (χ3v) is 3.02. The van der Waals surface area contributed by atoms with Gasteiger partial charge in [0.2, 0.25) is 0 Å². The Kier molecular flexibility index (Phi) is 3.88. The number of aromatic amines is 1. The van der Waals surface area contributed by atoms with Gasteiger partial charge in [0.25, 0.3) is 5.56 Å². The number of hydrogen-bond acceptors (Lipinski definition) is 4. The summed E-state index contributed by atoms with van der Waals surface area (Å²) in [6.45, 7) is 2.42. The highest BCUT2D eigenvalue weighted by Crippen LogP contribution is 2.06. The second-order valence-electron chi connectivity index (χ2n) is 4.36. The van der Waals surface area contributed by atoms with Gasteiger partial charge in [0, 0.05) is 32.9 Å². The van der Waals surface area contributed by atoms with Crippen molar-refractivity contribution in [2.75, 3.05) is 11.6 Å². The van der Waals surface area contributed by atoms with Gasteiger partial charge in [0.1, 0.15) is 5.82 Å². The molecule has 0 atom stereocenters. The Bertz CT molecular complexity index is 706. The van der Waals surface area contributed by atoms with Gasteiger partial charge in [-0.2, -0.15) is 5.10 Å². The lowest BCUT2D eigenvalue weighted by atomic mass is 10.5. The largest absolute Gasteiger partial charge is 0.350 e. The van der Waals surface area contributed by atoms with Crippen molar-refractivity contribution in [3.8, 4) is 0 Å². The van der Waals surface area contributed by atoms with Crippen molar-refractivity contribution in [2.45, 2.75) is 6.92 Å². The molecule has 2 aromatic heterocycles. The average Bonchev–Trinajstić information content (AvgIpc) is 2.82. The van der Waals surface area contributed by atoms with Gasteiger partial charge in [-0.1, -0.05) is 0 Å². The van der Waals surface area contributed by atoms with Crippen LogP contribution in [0.25, 0.3) is 0 Å². The molecule has 0 saturated heterocycles. The van der Waals surface area contributed by atoms with Crippen molar-refractivity contribution in [1.29, 1.82) is 0 Å². The van der Waals surface area contributed by atoms with Gasteiger partial charge in [0.15, 0.2) is 0 Å². The summed E-state index contributed by atoms with van der Waals surface area (Å²) < 4.78 is 2.93. The molecule has 0 unspecified atom stereocenters. The number of hydrogen-bond donors (Lipinski definition) is 1. The van der Waals surface area contributed by atoms with Crippen LogP contribution in [0.4, 0.5) is 5.82 Å². The molecule has 0 saturated carbocycles. The number of nitrogens with one attached hydrogen (secondary N) is 1. The van der Waals surface area contributed by atoms with E-state index in [9.17, 15) is 9.59 Å². The molecular weight excluding hydrogens is 258 g/mol. The Morgan fingerprint density at radius 3 is 2.70 bits per heavy atom. The normalized spacial score (nSPS) is 11.2. The standard InChI is InChI=1S/C13H17N5O2/c1-4-18(14-9-10-6-5-7-16(10)2)11-8-12(19)17(3)13(20)15-11/h5-9H,4H2,1-3H3,(H,15,20). The molecular formula is C13H17N5O2. The Morgan fingerprint density at radius 2 is 2.15 bits per heavy atom. The minimum Gasteiger partial charge on any atom is -0.350 e. The topological polar surface area (TPSA) is 75.4 Å². The minimum atomic E-state index is -0.458. The molecule has 20 heavy (non-hydrogen) atoms. The van der Waals surface area contributed by atoms with E-state index >= 15 is 0 Å². The fraction of sp³-hybridized carbons (Fsp3) is 0.308. The number of nitrogens with zero attached hydrogens (tertiary/aromatic N) is 4. The Morgan fingerprint density at radius 1 is 1.40 bits per heavy atom. The highest BCUT2D eigenvalue weighted by molar-refractivity contribution is 5.78. The van der Waals surface area contributed by atoms with Crippen LogP contribution in [0.5, 0.6) is 0 Å². The maximum Gasteiger partial charge on any atom is 0.329 e. The van der Waals surface area contributed by atoms with E-state index in [1.165, 1.54) is 13.1 Å². The van der Waals surface area contributed by atoms with Gasteiger partial charge in [-0.05, 0) is 19.1 Å². The van der Waals surface area contributed by atoms with Gasteiger partial charge in [-0.15, -0.1) is 0 Å². The average molecular weight is 275 g/mol. The second-order valence-corrected chi connectivity index (χ2v) is 4.36. The fourth-order valence-electron chi connectivity index (χ4n) is 1.73. The van der Waals surface area contributed by atoms with E-state index in [2.05, 4.69) is 10.1 Å². The van der Waals surface area contributed by atoms with Crippen molar-refractivity contribution in [3.63, 3.8) is 0 Å². The molecule has 7 nitrogen and oxygen atoms in total. The highest BCUT2D eigenvalue weighted by atomic mass is 16.2. The zero-order chi connectivity index (χ0) is 14.7. The van der Waals surface area contributed by atoms with Crippen LogP contribution in [-0.4, -0.2) is 26.9 Å². The molecule has 7 heteroatoms. The SMILES string of the molecule is CCN(N=Cc1cccn1C)c1cc(=O)n(C)c(=O)[nH]1. The summed E-state index contributed by atoms with van der Waals surface area (Å²) in [7, 11) is 3.34. The molecule has 2 aromatic rings. The van der Waals surface area contributed by atoms with Gasteiger partial charge in [-0.25, -0.2) is 9.80 Å². The third kappa shape index (κ3) is 2.71. The summed E-state index contributed by atoms with van der Waals surface area (Å²) in [5.41, 5.74) is 0.103. The Hall–Kier alpha value is -2.57. The summed E-state index contributed by atoms with van der Waals surface area (Å²) in [5, 5.41) is 5.86. The van der Waals surface area contributed by atoms with E-state index in [0.717, 1.165) is 10.3 Å². The number of hydrazone groups is 1. The summed E-state index contributed by atoms with van der Waals surface area (Å²) >= 11 is 0. The van der Waals surface area contributed by atoms with Crippen LogP contribution in [0, 0.1) is 0 Å². The molecule has 0 spiro atoms. The van der Waals surface area contributed by atoms with Crippen molar-refractivity contribution >= 4 is 12.0 Å². The van der Waals surface area contributed by atoms with E-state index in [4.69, 9.17) is 0 Å². The van der Waals surface area contributed by atoms with Crippen LogP contribution < -0.4 is 16.3 Å². The number of H-pyrrole nitrogens is 1. The van der Waals surface area contributed by atoms with Gasteiger partial charge >= 0.3 is 5.69 Å². The quantitative estimate of drug-likeness (QED) is 0.643. The lowest BCUT2D eigenvalue weighted by Crippen LogP contribution is -2.34. The van der Waals surface area contributed by atoms with Crippen LogP contribution in [0.15, 0.2) is 39.1 Å². The zero-order valence-electron chi connectivity index (χ0n) is 11.7. The summed E-state index contributed by atoms with van der Waals surface area (Å²) in [6.07, 6.45) is 3.59. The van der Waals surface area contributed by atoms with Crippen LogP contribution in [0.2, 0.25) is 0 Å². The Balaban J connectivity index is 2.34. The van der Waals surface area contributed by atoms with Crippen molar-refractivity contribution in [2.24, 2.45) is 19.2 Å². The molecule has 0 aliphatic rings. The first-order chi connectivity index (χ1) is 9.52. The monoisotopic (exact) mass is 275 g/mol. The molecule has 1 N–H and O–H groups in total. The minimum absolute atomic E-state index is 0.365. The molecule has 0 aromatic carbocycles. The molecule has 0 bridgehead atoms. The lowest BCUT2D eigenvalue weighted by molar-refractivity contribution is 0.756. The van der Waals surface area contributed by atoms with E-state index in [0.29, 0.717) is 12.4 Å². The van der Waals surface area contributed by atoms with Crippen molar-refractivity contribution in [1.82, 2.24) is 14.1 Å². The molecule has 0 fully saturated rings. The van der Waals surface area contributed by atoms with E-state index < -0.39 is 5.69 Å². The number of anilines is 1. The first-order valence-electron chi connectivity index (χ1n) is 6.26. The van der Waals surface area contributed by atoms with Crippen molar-refractivity contribution < 1.29 is 0 Å². The number of aryl methyl sites for hydroxylation is 1. The van der Waals surface area contributed by atoms with Crippen LogP contribution in [0.3, 0.4) is 0 Å². The van der Waals surface area contributed by atoms with Gasteiger partial charge in [-0.3, -0.25) is 14.3 Å². The van der Waals surface area contributed by atoms with E-state index in [1.807, 2.05) is 36.9 Å². The lowest BCUT2D eigenvalue weighted by Gasteiger charge is -2.16. The fourth-order valence-corrected chi connectivity index (χ4v) is 1.73. The molecule has 106 valence electrons. The molecule has 2 heterocycles.